The molecule has 0 aliphatic rings. The smallest absolute Gasteiger partial charge is 0.0610 e. The highest BCUT2D eigenvalue weighted by Crippen LogP contribution is 2.15. The van der Waals surface area contributed by atoms with Crippen molar-refractivity contribution in [3.63, 3.8) is 0 Å². The van der Waals surface area contributed by atoms with Gasteiger partial charge in [-0.2, -0.15) is 0 Å². The molecule has 0 aromatic carbocycles. The highest BCUT2D eigenvalue weighted by Gasteiger charge is 2.23. The summed E-state index contributed by atoms with van der Waals surface area (Å²) in [6, 6.07) is 0.422. The molecule has 0 rings (SSSR count). The molecule has 0 aliphatic carbocycles. The van der Waals surface area contributed by atoms with Crippen molar-refractivity contribution in [1.29, 1.82) is 0 Å². The van der Waals surface area contributed by atoms with Gasteiger partial charge in [0.05, 0.1) is 6.61 Å². The lowest BCUT2D eigenvalue weighted by atomic mass is 9.94. The zero-order valence-corrected chi connectivity index (χ0v) is 14.0. The van der Waals surface area contributed by atoms with Crippen LogP contribution in [0.1, 0.15) is 60.8 Å². The van der Waals surface area contributed by atoms with E-state index in [9.17, 15) is 5.11 Å². The largest absolute Gasteiger partial charge is 0.394 e. The highest BCUT2D eigenvalue weighted by molar-refractivity contribution is 4.83. The zero-order chi connectivity index (χ0) is 14.9. The molecule has 0 aromatic rings. The van der Waals surface area contributed by atoms with E-state index in [2.05, 4.69) is 51.8 Å². The molecule has 1 unspecified atom stereocenters. The van der Waals surface area contributed by atoms with Gasteiger partial charge in [0.25, 0.3) is 0 Å². The second kappa shape index (κ2) is 9.73. The summed E-state index contributed by atoms with van der Waals surface area (Å²) in [4.78, 5) is 2.52. The minimum atomic E-state index is -0.122. The molecule has 0 radical (unpaired) electrons. The summed E-state index contributed by atoms with van der Waals surface area (Å²) in [5.41, 5.74) is -0.122. The number of nitrogens with one attached hydrogen (secondary N) is 1. The van der Waals surface area contributed by atoms with Gasteiger partial charge in [0.1, 0.15) is 0 Å². The summed E-state index contributed by atoms with van der Waals surface area (Å²) in [5, 5.41) is 13.0. The topological polar surface area (TPSA) is 35.5 Å². The molecule has 2 N–H and O–H groups in total. The van der Waals surface area contributed by atoms with Crippen LogP contribution < -0.4 is 5.32 Å². The number of unbranched alkanes of at least 4 members (excludes halogenated alkanes) is 1. The Kier molecular flexibility index (Phi) is 9.67. The maximum Gasteiger partial charge on any atom is 0.0610 e. The quantitative estimate of drug-likeness (QED) is 0.568. The van der Waals surface area contributed by atoms with E-state index in [1.165, 1.54) is 25.9 Å². The standard InChI is InChI=1S/C16H36N2O/c1-7-18(12-14(2)3)11-9-8-10-16(6,13-19)17-15(4)5/h14-15,17,19H,7-13H2,1-6H3. The van der Waals surface area contributed by atoms with Crippen molar-refractivity contribution in [2.45, 2.75) is 72.4 Å². The first-order chi connectivity index (χ1) is 8.83. The Labute approximate surface area is 120 Å². The van der Waals surface area contributed by atoms with Crippen molar-refractivity contribution in [3.8, 4) is 0 Å². The van der Waals surface area contributed by atoms with E-state index >= 15 is 0 Å². The Balaban J connectivity index is 3.93. The van der Waals surface area contributed by atoms with Gasteiger partial charge in [-0.05, 0) is 38.8 Å². The van der Waals surface area contributed by atoms with E-state index in [1.807, 2.05) is 0 Å². The lowest BCUT2D eigenvalue weighted by molar-refractivity contribution is 0.151. The Morgan fingerprint density at radius 1 is 1.16 bits per heavy atom. The third-order valence-corrected chi connectivity index (χ3v) is 3.51. The molecule has 0 amide bonds. The molecule has 0 aliphatic heterocycles. The van der Waals surface area contributed by atoms with Gasteiger partial charge in [0.15, 0.2) is 0 Å². The molecule has 1 atom stereocenters. The normalized spacial score (nSPS) is 15.5. The highest BCUT2D eigenvalue weighted by atomic mass is 16.3. The molecule has 0 spiro atoms. The van der Waals surface area contributed by atoms with E-state index in [1.54, 1.807) is 0 Å². The van der Waals surface area contributed by atoms with Crippen LogP contribution in [0.25, 0.3) is 0 Å². The summed E-state index contributed by atoms with van der Waals surface area (Å²) >= 11 is 0. The Bertz CT molecular complexity index is 219. The summed E-state index contributed by atoms with van der Waals surface area (Å²) < 4.78 is 0. The maximum absolute atomic E-state index is 9.53. The van der Waals surface area contributed by atoms with E-state index in [4.69, 9.17) is 0 Å². The minimum absolute atomic E-state index is 0.122. The molecule has 0 saturated carbocycles. The van der Waals surface area contributed by atoms with Crippen molar-refractivity contribution in [2.24, 2.45) is 5.92 Å². The molecule has 0 fully saturated rings. The van der Waals surface area contributed by atoms with Crippen LogP contribution in [-0.4, -0.2) is 47.8 Å². The Hall–Kier alpha value is -0.120. The third-order valence-electron chi connectivity index (χ3n) is 3.51. The van der Waals surface area contributed by atoms with E-state index in [0.29, 0.717) is 6.04 Å². The van der Waals surface area contributed by atoms with Crippen LogP contribution in [-0.2, 0) is 0 Å². The Morgan fingerprint density at radius 3 is 2.21 bits per heavy atom. The van der Waals surface area contributed by atoms with Crippen LogP contribution in [0.5, 0.6) is 0 Å². The second-order valence-electron chi connectivity index (χ2n) is 6.76. The van der Waals surface area contributed by atoms with Crippen molar-refractivity contribution >= 4 is 0 Å². The SMILES string of the molecule is CCN(CCCCC(C)(CO)NC(C)C)CC(C)C. The second-order valence-corrected chi connectivity index (χ2v) is 6.76. The van der Waals surface area contributed by atoms with Crippen LogP contribution in [0.2, 0.25) is 0 Å². The Morgan fingerprint density at radius 2 is 1.79 bits per heavy atom. The van der Waals surface area contributed by atoms with Crippen molar-refractivity contribution in [2.75, 3.05) is 26.2 Å². The number of aliphatic hydroxyl groups is 1. The predicted octanol–water partition coefficient (Wildman–Crippen LogP) is 2.88. The fourth-order valence-electron chi connectivity index (χ4n) is 2.64. The fraction of sp³-hybridized carbons (Fsp3) is 1.00. The lowest BCUT2D eigenvalue weighted by Crippen LogP contribution is -2.49. The summed E-state index contributed by atoms with van der Waals surface area (Å²) in [5.74, 6) is 0.741. The predicted molar refractivity (Wildman–Crippen MR) is 84.6 cm³/mol. The van der Waals surface area contributed by atoms with Gasteiger partial charge >= 0.3 is 0 Å². The van der Waals surface area contributed by atoms with Gasteiger partial charge in [-0.25, -0.2) is 0 Å². The van der Waals surface area contributed by atoms with Gasteiger partial charge in [-0.3, -0.25) is 0 Å². The molecular formula is C16H36N2O. The van der Waals surface area contributed by atoms with Gasteiger partial charge < -0.3 is 15.3 Å². The number of hydrogen-bond acceptors (Lipinski definition) is 3. The molecule has 19 heavy (non-hydrogen) atoms. The number of rotatable bonds is 11. The molecule has 0 aromatic heterocycles. The molecule has 3 nitrogen and oxygen atoms in total. The van der Waals surface area contributed by atoms with Gasteiger partial charge in [-0.1, -0.05) is 41.0 Å². The number of hydrogen-bond donors (Lipinski definition) is 2. The molecule has 0 bridgehead atoms. The van der Waals surface area contributed by atoms with Crippen LogP contribution in [0.15, 0.2) is 0 Å². The summed E-state index contributed by atoms with van der Waals surface area (Å²) in [7, 11) is 0. The first-order valence-corrected chi connectivity index (χ1v) is 7.94. The average molecular weight is 272 g/mol. The van der Waals surface area contributed by atoms with Crippen molar-refractivity contribution in [1.82, 2.24) is 10.2 Å². The van der Waals surface area contributed by atoms with Crippen LogP contribution >= 0.6 is 0 Å². The molecule has 0 saturated heterocycles. The van der Waals surface area contributed by atoms with E-state index < -0.39 is 0 Å². The molecule has 116 valence electrons. The number of nitrogens with zero attached hydrogens (tertiary/aromatic N) is 1. The molecule has 3 heteroatoms. The van der Waals surface area contributed by atoms with Crippen molar-refractivity contribution in [3.05, 3.63) is 0 Å². The van der Waals surface area contributed by atoms with Gasteiger partial charge in [0, 0.05) is 18.1 Å². The molecule has 0 heterocycles. The first kappa shape index (κ1) is 18.9. The monoisotopic (exact) mass is 272 g/mol. The van der Waals surface area contributed by atoms with Crippen LogP contribution in [0.4, 0.5) is 0 Å². The molecular weight excluding hydrogens is 236 g/mol. The van der Waals surface area contributed by atoms with Crippen molar-refractivity contribution < 1.29 is 5.11 Å². The van der Waals surface area contributed by atoms with E-state index in [0.717, 1.165) is 18.9 Å². The zero-order valence-electron chi connectivity index (χ0n) is 14.0. The number of aliphatic hydroxyl groups excluding tert-OH is 1. The summed E-state index contributed by atoms with van der Waals surface area (Å²) in [6.45, 7) is 16.9. The van der Waals surface area contributed by atoms with Gasteiger partial charge in [0.2, 0.25) is 0 Å². The fourth-order valence-corrected chi connectivity index (χ4v) is 2.64. The maximum atomic E-state index is 9.53. The average Bonchev–Trinajstić information content (AvgIpc) is 2.31. The minimum Gasteiger partial charge on any atom is -0.394 e. The van der Waals surface area contributed by atoms with E-state index in [-0.39, 0.29) is 12.1 Å². The summed E-state index contributed by atoms with van der Waals surface area (Å²) in [6.07, 6.45) is 3.43. The third kappa shape index (κ3) is 9.42. The lowest BCUT2D eigenvalue weighted by Gasteiger charge is -2.31. The van der Waals surface area contributed by atoms with Crippen LogP contribution in [0.3, 0.4) is 0 Å². The van der Waals surface area contributed by atoms with Gasteiger partial charge in [-0.15, -0.1) is 0 Å². The van der Waals surface area contributed by atoms with Crippen LogP contribution in [0, 0.1) is 5.92 Å². The first-order valence-electron chi connectivity index (χ1n) is 7.94.